The van der Waals surface area contributed by atoms with Gasteiger partial charge in [0.05, 0.1) is 11.3 Å². The van der Waals surface area contributed by atoms with Gasteiger partial charge < -0.3 is 0 Å². The van der Waals surface area contributed by atoms with Crippen LogP contribution in [0.5, 0.6) is 0 Å². The third kappa shape index (κ3) is 6.09. The number of carbonyl (C=O) groups is 2. The number of rotatable bonds is 6. The van der Waals surface area contributed by atoms with Crippen LogP contribution in [0.4, 0.5) is 5.69 Å². The van der Waals surface area contributed by atoms with E-state index in [1.54, 1.807) is 36.4 Å². The minimum atomic E-state index is -3.81. The molecule has 0 saturated heterocycles. The van der Waals surface area contributed by atoms with Crippen LogP contribution in [-0.4, -0.2) is 20.2 Å². The van der Waals surface area contributed by atoms with Gasteiger partial charge in [0.25, 0.3) is 15.9 Å². The van der Waals surface area contributed by atoms with Crippen LogP contribution in [0.15, 0.2) is 71.6 Å². The van der Waals surface area contributed by atoms with Crippen LogP contribution in [0.25, 0.3) is 0 Å². The maximum Gasteiger partial charge on any atom is 0.269 e. The van der Waals surface area contributed by atoms with Crippen molar-refractivity contribution in [3.63, 3.8) is 0 Å². The van der Waals surface area contributed by atoms with Crippen LogP contribution < -0.4 is 15.6 Å². The topological polar surface area (TPSA) is 104 Å². The van der Waals surface area contributed by atoms with Crippen molar-refractivity contribution in [1.82, 2.24) is 10.9 Å². The number of anilines is 1. The highest BCUT2D eigenvalue weighted by molar-refractivity contribution is 7.92. The molecule has 0 aliphatic heterocycles. The molecule has 2 amide bonds. The lowest BCUT2D eigenvalue weighted by Crippen LogP contribution is -2.42. The van der Waals surface area contributed by atoms with Crippen molar-refractivity contribution < 1.29 is 18.0 Å². The largest absolute Gasteiger partial charge is 0.280 e. The Morgan fingerprint density at radius 1 is 0.844 bits per heavy atom. The zero-order valence-electron chi connectivity index (χ0n) is 17.5. The molecule has 32 heavy (non-hydrogen) atoms. The summed E-state index contributed by atoms with van der Waals surface area (Å²) in [7, 11) is -3.81. The van der Waals surface area contributed by atoms with Crippen molar-refractivity contribution in [3.05, 3.63) is 94.0 Å². The third-order valence-corrected chi connectivity index (χ3v) is 6.43. The molecule has 0 unspecified atom stereocenters. The quantitative estimate of drug-likeness (QED) is 0.476. The fourth-order valence-electron chi connectivity index (χ4n) is 2.83. The molecule has 0 aliphatic carbocycles. The maximum absolute atomic E-state index is 12.6. The molecule has 0 atom stereocenters. The van der Waals surface area contributed by atoms with Gasteiger partial charge in [0.15, 0.2) is 0 Å². The first-order valence-corrected chi connectivity index (χ1v) is 11.5. The molecule has 0 saturated carbocycles. The second-order valence-corrected chi connectivity index (χ2v) is 9.35. The number of sulfonamides is 1. The lowest BCUT2D eigenvalue weighted by atomic mass is 10.1. The zero-order chi connectivity index (χ0) is 23.3. The highest BCUT2D eigenvalue weighted by Gasteiger charge is 2.16. The van der Waals surface area contributed by atoms with E-state index in [2.05, 4.69) is 15.6 Å². The normalized spacial score (nSPS) is 11.0. The molecule has 0 spiro atoms. The molecular weight excluding hydrogens is 450 g/mol. The van der Waals surface area contributed by atoms with Gasteiger partial charge in [-0.3, -0.25) is 25.2 Å². The molecule has 0 fully saturated rings. The zero-order valence-corrected chi connectivity index (χ0v) is 19.0. The standard InChI is InChI=1S/C23H22ClN3O4S/c1-15-3-10-20(13-16(15)2)27-32(30,31)21-11-6-18(7-12-21)23(29)26-25-22(28)14-17-4-8-19(24)9-5-17/h3-13,27H,14H2,1-2H3,(H,25,28)(H,26,29). The lowest BCUT2D eigenvalue weighted by Gasteiger charge is -2.11. The van der Waals surface area contributed by atoms with Gasteiger partial charge >= 0.3 is 0 Å². The monoisotopic (exact) mass is 471 g/mol. The van der Waals surface area contributed by atoms with Crippen LogP contribution in [0, 0.1) is 13.8 Å². The van der Waals surface area contributed by atoms with Crippen molar-refractivity contribution in [2.24, 2.45) is 0 Å². The lowest BCUT2D eigenvalue weighted by molar-refractivity contribution is -0.121. The van der Waals surface area contributed by atoms with Crippen LogP contribution in [0.1, 0.15) is 27.0 Å². The van der Waals surface area contributed by atoms with Crippen molar-refractivity contribution in [3.8, 4) is 0 Å². The SMILES string of the molecule is Cc1ccc(NS(=O)(=O)c2ccc(C(=O)NNC(=O)Cc3ccc(Cl)cc3)cc2)cc1C. The van der Waals surface area contributed by atoms with E-state index in [1.807, 2.05) is 19.9 Å². The number of benzene rings is 3. The number of amides is 2. The van der Waals surface area contributed by atoms with E-state index in [9.17, 15) is 18.0 Å². The molecule has 166 valence electrons. The molecule has 0 aromatic heterocycles. The molecule has 0 bridgehead atoms. The van der Waals surface area contributed by atoms with Crippen molar-refractivity contribution >= 4 is 39.1 Å². The van der Waals surface area contributed by atoms with Crippen molar-refractivity contribution in [2.45, 2.75) is 25.2 Å². The summed E-state index contributed by atoms with van der Waals surface area (Å²) in [5.41, 5.74) is 8.06. The molecule has 0 radical (unpaired) electrons. The van der Waals surface area contributed by atoms with Gasteiger partial charge in [0.2, 0.25) is 5.91 Å². The van der Waals surface area contributed by atoms with E-state index in [1.165, 1.54) is 24.3 Å². The Balaban J connectivity index is 1.58. The fraction of sp³-hybridized carbons (Fsp3) is 0.130. The Morgan fingerprint density at radius 2 is 1.50 bits per heavy atom. The van der Waals surface area contributed by atoms with E-state index in [4.69, 9.17) is 11.6 Å². The van der Waals surface area contributed by atoms with E-state index < -0.39 is 21.8 Å². The number of hydrogen-bond donors (Lipinski definition) is 3. The Hall–Kier alpha value is -3.36. The van der Waals surface area contributed by atoms with E-state index >= 15 is 0 Å². The molecule has 3 aromatic rings. The van der Waals surface area contributed by atoms with Crippen LogP contribution in [0.3, 0.4) is 0 Å². The summed E-state index contributed by atoms with van der Waals surface area (Å²) in [5.74, 6) is -0.974. The van der Waals surface area contributed by atoms with Gasteiger partial charge in [-0.1, -0.05) is 29.8 Å². The summed E-state index contributed by atoms with van der Waals surface area (Å²) < 4.78 is 27.7. The van der Waals surface area contributed by atoms with Gasteiger partial charge in [0.1, 0.15) is 0 Å². The molecule has 9 heteroatoms. The average Bonchev–Trinajstić information content (AvgIpc) is 2.76. The maximum atomic E-state index is 12.6. The predicted octanol–water partition coefficient (Wildman–Crippen LogP) is 3.76. The summed E-state index contributed by atoms with van der Waals surface area (Å²) in [6.45, 7) is 3.84. The minimum absolute atomic E-state index is 0.0130. The first-order chi connectivity index (χ1) is 15.1. The molecule has 0 aliphatic rings. The van der Waals surface area contributed by atoms with Crippen LogP contribution in [-0.2, 0) is 21.2 Å². The number of hydrazine groups is 1. The Labute approximate surface area is 191 Å². The van der Waals surface area contributed by atoms with Crippen molar-refractivity contribution in [1.29, 1.82) is 0 Å². The summed E-state index contributed by atoms with van der Waals surface area (Å²) >= 11 is 5.81. The summed E-state index contributed by atoms with van der Waals surface area (Å²) in [6, 6.07) is 17.5. The summed E-state index contributed by atoms with van der Waals surface area (Å²) in [4.78, 5) is 24.3. The molecule has 3 aromatic carbocycles. The van der Waals surface area contributed by atoms with E-state index in [0.29, 0.717) is 10.7 Å². The molecule has 0 heterocycles. The van der Waals surface area contributed by atoms with Gasteiger partial charge in [-0.05, 0) is 79.1 Å². The highest BCUT2D eigenvalue weighted by atomic mass is 35.5. The minimum Gasteiger partial charge on any atom is -0.280 e. The summed E-state index contributed by atoms with van der Waals surface area (Å²) in [5, 5.41) is 0.567. The van der Waals surface area contributed by atoms with Gasteiger partial charge in [-0.25, -0.2) is 8.42 Å². The Bertz CT molecular complexity index is 1240. The van der Waals surface area contributed by atoms with E-state index in [-0.39, 0.29) is 16.9 Å². The number of halogens is 1. The predicted molar refractivity (Wildman–Crippen MR) is 124 cm³/mol. The number of nitrogens with one attached hydrogen (secondary N) is 3. The molecule has 7 nitrogen and oxygen atoms in total. The second-order valence-electron chi connectivity index (χ2n) is 7.23. The van der Waals surface area contributed by atoms with Gasteiger partial charge in [0, 0.05) is 16.3 Å². The number of carbonyl (C=O) groups excluding carboxylic acids is 2. The average molecular weight is 472 g/mol. The molecule has 3 N–H and O–H groups in total. The van der Waals surface area contributed by atoms with Crippen LogP contribution >= 0.6 is 11.6 Å². The second kappa shape index (κ2) is 9.84. The van der Waals surface area contributed by atoms with Gasteiger partial charge in [-0.2, -0.15) is 0 Å². The summed E-state index contributed by atoms with van der Waals surface area (Å²) in [6.07, 6.45) is 0.0682. The number of hydrogen-bond acceptors (Lipinski definition) is 4. The number of aryl methyl sites for hydroxylation is 2. The fourth-order valence-corrected chi connectivity index (χ4v) is 4.01. The molecule has 3 rings (SSSR count). The van der Waals surface area contributed by atoms with Crippen LogP contribution in [0.2, 0.25) is 5.02 Å². The van der Waals surface area contributed by atoms with E-state index in [0.717, 1.165) is 16.7 Å². The first-order valence-electron chi connectivity index (χ1n) is 9.68. The molecular formula is C23H22ClN3O4S. The highest BCUT2D eigenvalue weighted by Crippen LogP contribution is 2.19. The van der Waals surface area contributed by atoms with Crippen molar-refractivity contribution in [2.75, 3.05) is 4.72 Å². The Kier molecular flexibility index (Phi) is 7.17. The third-order valence-electron chi connectivity index (χ3n) is 4.78. The van der Waals surface area contributed by atoms with Gasteiger partial charge in [-0.15, -0.1) is 0 Å². The Morgan fingerprint density at radius 3 is 2.12 bits per heavy atom. The smallest absolute Gasteiger partial charge is 0.269 e. The first kappa shape index (κ1) is 23.3.